The lowest BCUT2D eigenvalue weighted by Gasteiger charge is -2.11. The third kappa shape index (κ3) is 4.88. The van der Waals surface area contributed by atoms with Gasteiger partial charge in [0.15, 0.2) is 5.82 Å². The van der Waals surface area contributed by atoms with Crippen LogP contribution in [0.1, 0.15) is 30.9 Å². The topological polar surface area (TPSA) is 72.0 Å². The second kappa shape index (κ2) is 9.17. The molecule has 3 aromatic rings. The maximum atomic E-state index is 12.8. The first-order chi connectivity index (χ1) is 13.5. The van der Waals surface area contributed by atoms with Crippen LogP contribution >= 0.6 is 11.6 Å². The highest BCUT2D eigenvalue weighted by Gasteiger charge is 2.18. The third-order valence-electron chi connectivity index (χ3n) is 4.36. The number of nitrogens with one attached hydrogen (secondary N) is 1. The van der Waals surface area contributed by atoms with Crippen LogP contribution in [-0.2, 0) is 22.3 Å². The summed E-state index contributed by atoms with van der Waals surface area (Å²) in [4.78, 5) is 8.69. The van der Waals surface area contributed by atoms with Crippen molar-refractivity contribution in [3.05, 3.63) is 72.1 Å². The summed E-state index contributed by atoms with van der Waals surface area (Å²) < 4.78 is 28.2. The minimum Gasteiger partial charge on any atom is -0.262 e. The molecule has 0 radical (unpaired) electrons. The van der Waals surface area contributed by atoms with Gasteiger partial charge in [-0.1, -0.05) is 49.7 Å². The number of alkyl halides is 1. The van der Waals surface area contributed by atoms with E-state index < -0.39 is 10.0 Å². The van der Waals surface area contributed by atoms with Gasteiger partial charge in [0.05, 0.1) is 4.90 Å². The Morgan fingerprint density at radius 3 is 2.21 bits per heavy atom. The number of hydrogen-bond donors (Lipinski definition) is 1. The molecule has 1 aromatic heterocycles. The predicted octanol–water partition coefficient (Wildman–Crippen LogP) is 5.03. The van der Waals surface area contributed by atoms with Gasteiger partial charge in [-0.2, -0.15) is 0 Å². The van der Waals surface area contributed by atoms with Crippen molar-refractivity contribution in [2.24, 2.45) is 0 Å². The van der Waals surface area contributed by atoms with Crippen LogP contribution in [-0.4, -0.2) is 18.4 Å². The molecule has 0 saturated carbocycles. The van der Waals surface area contributed by atoms with Crippen molar-refractivity contribution in [3.63, 3.8) is 0 Å². The molecule has 0 fully saturated rings. The third-order valence-corrected chi connectivity index (χ3v) is 6.03. The highest BCUT2D eigenvalue weighted by molar-refractivity contribution is 7.92. The van der Waals surface area contributed by atoms with Gasteiger partial charge in [-0.3, -0.25) is 9.71 Å². The number of unbranched alkanes of at least 4 members (excludes halogenated alkanes) is 1. The van der Waals surface area contributed by atoms with E-state index in [1.54, 1.807) is 12.1 Å². The van der Waals surface area contributed by atoms with Crippen molar-refractivity contribution in [2.45, 2.75) is 37.0 Å². The molecule has 1 heterocycles. The Balaban J connectivity index is 1.86. The second-order valence-corrected chi connectivity index (χ2v) is 8.39. The van der Waals surface area contributed by atoms with Crippen LogP contribution in [0.4, 0.5) is 5.82 Å². The van der Waals surface area contributed by atoms with Gasteiger partial charge in [-0.25, -0.2) is 13.4 Å². The zero-order chi connectivity index (χ0) is 20.0. The minimum absolute atomic E-state index is 0.191. The van der Waals surface area contributed by atoms with Gasteiger partial charge in [0.2, 0.25) is 0 Å². The zero-order valence-electron chi connectivity index (χ0n) is 15.6. The number of aryl methyl sites for hydroxylation is 1. The molecule has 0 aliphatic rings. The summed E-state index contributed by atoms with van der Waals surface area (Å²) >= 11 is 5.83. The Labute approximate surface area is 170 Å². The molecule has 0 atom stereocenters. The van der Waals surface area contributed by atoms with Gasteiger partial charge in [-0.15, -0.1) is 11.6 Å². The van der Waals surface area contributed by atoms with E-state index in [1.807, 2.05) is 36.4 Å². The first-order valence-electron chi connectivity index (χ1n) is 9.11. The van der Waals surface area contributed by atoms with E-state index in [4.69, 9.17) is 11.6 Å². The molecule has 1 N–H and O–H groups in total. The molecule has 0 aliphatic carbocycles. The predicted molar refractivity (Wildman–Crippen MR) is 113 cm³/mol. The molecule has 0 bridgehead atoms. The summed E-state index contributed by atoms with van der Waals surface area (Å²) in [7, 11) is -3.77. The van der Waals surface area contributed by atoms with Gasteiger partial charge in [0, 0.05) is 23.8 Å². The lowest BCUT2D eigenvalue weighted by atomic mass is 10.1. The van der Waals surface area contributed by atoms with Crippen molar-refractivity contribution in [2.75, 3.05) is 4.72 Å². The van der Waals surface area contributed by atoms with Gasteiger partial charge in [-0.05, 0) is 36.1 Å². The van der Waals surface area contributed by atoms with Crippen LogP contribution in [0.25, 0.3) is 11.3 Å². The fraction of sp³-hybridized carbons (Fsp3) is 0.238. The van der Waals surface area contributed by atoms with E-state index >= 15 is 0 Å². The van der Waals surface area contributed by atoms with E-state index in [2.05, 4.69) is 21.6 Å². The largest absolute Gasteiger partial charge is 0.263 e. The number of benzene rings is 2. The molecule has 2 aromatic carbocycles. The Kier molecular flexibility index (Phi) is 6.65. The van der Waals surface area contributed by atoms with Crippen LogP contribution in [0.5, 0.6) is 0 Å². The number of nitrogens with zero attached hydrogens (tertiary/aromatic N) is 2. The van der Waals surface area contributed by atoms with E-state index in [0.717, 1.165) is 36.0 Å². The van der Waals surface area contributed by atoms with Crippen molar-refractivity contribution in [1.29, 1.82) is 0 Å². The van der Waals surface area contributed by atoms with Crippen LogP contribution in [0.2, 0.25) is 0 Å². The van der Waals surface area contributed by atoms with E-state index in [0.29, 0.717) is 11.6 Å². The SMILES string of the molecule is CCCCc1ccc(S(=O)(=O)Nc2nccnc2-c2ccc(CCl)cc2)cc1. The van der Waals surface area contributed by atoms with E-state index in [9.17, 15) is 8.42 Å². The second-order valence-electron chi connectivity index (χ2n) is 6.44. The molecule has 0 unspecified atom stereocenters. The average Bonchev–Trinajstić information content (AvgIpc) is 2.73. The number of anilines is 1. The number of halogens is 1. The summed E-state index contributed by atoms with van der Waals surface area (Å²) in [6.45, 7) is 2.13. The molecule has 7 heteroatoms. The first kappa shape index (κ1) is 20.3. The quantitative estimate of drug-likeness (QED) is 0.524. The number of rotatable bonds is 8. The van der Waals surface area contributed by atoms with Crippen molar-refractivity contribution < 1.29 is 8.42 Å². The lowest BCUT2D eigenvalue weighted by molar-refractivity contribution is 0.601. The monoisotopic (exact) mass is 415 g/mol. The summed E-state index contributed by atoms with van der Waals surface area (Å²) in [5.41, 5.74) is 3.32. The van der Waals surface area contributed by atoms with Crippen molar-refractivity contribution >= 4 is 27.4 Å². The summed E-state index contributed by atoms with van der Waals surface area (Å²) in [6.07, 6.45) is 6.11. The summed E-state index contributed by atoms with van der Waals surface area (Å²) in [5.74, 6) is 0.602. The molecule has 3 rings (SSSR count). The highest BCUT2D eigenvalue weighted by Crippen LogP contribution is 2.26. The van der Waals surface area contributed by atoms with E-state index in [1.165, 1.54) is 12.4 Å². The Morgan fingerprint density at radius 1 is 0.929 bits per heavy atom. The Bertz CT molecular complexity index is 1020. The van der Waals surface area contributed by atoms with E-state index in [-0.39, 0.29) is 10.7 Å². The Hall–Kier alpha value is -2.44. The van der Waals surface area contributed by atoms with Crippen molar-refractivity contribution in [1.82, 2.24) is 9.97 Å². The molecule has 0 amide bonds. The van der Waals surface area contributed by atoms with Gasteiger partial charge in [0.25, 0.3) is 10.0 Å². The zero-order valence-corrected chi connectivity index (χ0v) is 17.2. The minimum atomic E-state index is -3.77. The molecule has 28 heavy (non-hydrogen) atoms. The van der Waals surface area contributed by atoms with Crippen LogP contribution in [0, 0.1) is 0 Å². The van der Waals surface area contributed by atoms with Crippen molar-refractivity contribution in [3.8, 4) is 11.3 Å². The van der Waals surface area contributed by atoms with Crippen LogP contribution in [0.3, 0.4) is 0 Å². The molecular weight excluding hydrogens is 394 g/mol. The smallest absolute Gasteiger partial charge is 0.262 e. The fourth-order valence-electron chi connectivity index (χ4n) is 2.78. The number of sulfonamides is 1. The number of hydrogen-bond acceptors (Lipinski definition) is 4. The normalized spacial score (nSPS) is 11.4. The molecular formula is C21H22ClN3O2S. The van der Waals surface area contributed by atoms with Gasteiger partial charge < -0.3 is 0 Å². The molecule has 0 saturated heterocycles. The van der Waals surface area contributed by atoms with Gasteiger partial charge in [0.1, 0.15) is 5.69 Å². The fourth-order valence-corrected chi connectivity index (χ4v) is 3.97. The summed E-state index contributed by atoms with van der Waals surface area (Å²) in [5, 5.41) is 0. The summed E-state index contributed by atoms with van der Waals surface area (Å²) in [6, 6.07) is 14.4. The molecule has 5 nitrogen and oxygen atoms in total. The highest BCUT2D eigenvalue weighted by atomic mass is 35.5. The van der Waals surface area contributed by atoms with Crippen LogP contribution in [0.15, 0.2) is 65.8 Å². The maximum absolute atomic E-state index is 12.8. The molecule has 0 aliphatic heterocycles. The van der Waals surface area contributed by atoms with Crippen LogP contribution < -0.4 is 4.72 Å². The molecule has 0 spiro atoms. The average molecular weight is 416 g/mol. The molecule has 146 valence electrons. The first-order valence-corrected chi connectivity index (χ1v) is 11.1. The standard InChI is InChI=1S/C21H22ClN3O2S/c1-2-3-4-16-7-11-19(12-8-16)28(26,27)25-21-20(23-13-14-24-21)18-9-5-17(15-22)6-10-18/h5-14H,2-4,15H2,1H3,(H,24,25). The maximum Gasteiger partial charge on any atom is 0.263 e. The number of aromatic nitrogens is 2. The van der Waals surface area contributed by atoms with Gasteiger partial charge >= 0.3 is 0 Å². The lowest BCUT2D eigenvalue weighted by Crippen LogP contribution is -2.15. The Morgan fingerprint density at radius 2 is 1.57 bits per heavy atom.